The fourth-order valence-electron chi connectivity index (χ4n) is 7.38. The van der Waals surface area contributed by atoms with E-state index in [0.29, 0.717) is 50.9 Å². The minimum atomic E-state index is -5.04. The standard InChI is InChI=1S/C34H35F6N3O3/c35-33(36,37)26-15-25(16-27(17-26)34(38,39)40)31(45)43-10-6-28(18-29(43)14-23-4-2-1-3-5-23)41-11-8-32(9-12-41)19-30(44)42(22-32)20-24-7-13-46-21-24/h1-5,7,13,15-17,21,28-29H,6,8-12,14,18-20,22H2. The van der Waals surface area contributed by atoms with Gasteiger partial charge in [0.25, 0.3) is 5.91 Å². The largest absolute Gasteiger partial charge is 0.472 e. The zero-order chi connectivity index (χ0) is 32.7. The van der Waals surface area contributed by atoms with Crippen LogP contribution in [0.2, 0.25) is 0 Å². The fourth-order valence-corrected chi connectivity index (χ4v) is 7.38. The van der Waals surface area contributed by atoms with Crippen LogP contribution in [-0.2, 0) is 30.1 Å². The van der Waals surface area contributed by atoms with E-state index in [2.05, 4.69) is 4.90 Å². The highest BCUT2D eigenvalue weighted by atomic mass is 19.4. The summed E-state index contributed by atoms with van der Waals surface area (Å²) in [6.45, 7) is 2.95. The van der Waals surface area contributed by atoms with Gasteiger partial charge in [0.1, 0.15) is 0 Å². The highest BCUT2D eigenvalue weighted by Gasteiger charge is 2.46. The summed E-state index contributed by atoms with van der Waals surface area (Å²) >= 11 is 0. The zero-order valence-corrected chi connectivity index (χ0v) is 25.1. The Hall–Kier alpha value is -3.80. The lowest BCUT2D eigenvalue weighted by Gasteiger charge is -2.47. The maximum Gasteiger partial charge on any atom is 0.416 e. The van der Waals surface area contributed by atoms with Gasteiger partial charge in [-0.05, 0) is 80.4 Å². The molecule has 2 aromatic carbocycles. The monoisotopic (exact) mass is 647 g/mol. The molecule has 246 valence electrons. The molecule has 4 heterocycles. The van der Waals surface area contributed by atoms with Gasteiger partial charge in [0, 0.05) is 49.3 Å². The summed E-state index contributed by atoms with van der Waals surface area (Å²) in [4.78, 5) is 32.3. The smallest absolute Gasteiger partial charge is 0.416 e. The van der Waals surface area contributed by atoms with E-state index in [1.807, 2.05) is 41.3 Å². The van der Waals surface area contributed by atoms with Gasteiger partial charge in [-0.15, -0.1) is 0 Å². The number of amides is 2. The molecule has 3 aliphatic rings. The molecule has 3 aromatic rings. The lowest BCUT2D eigenvalue weighted by atomic mass is 9.76. The molecule has 2 unspecified atom stereocenters. The quantitative estimate of drug-likeness (QED) is 0.269. The highest BCUT2D eigenvalue weighted by Crippen LogP contribution is 2.43. The van der Waals surface area contributed by atoms with Crippen molar-refractivity contribution in [2.45, 2.75) is 69.5 Å². The third-order valence-corrected chi connectivity index (χ3v) is 9.83. The number of nitrogens with zero attached hydrogens (tertiary/aromatic N) is 3. The third-order valence-electron chi connectivity index (χ3n) is 9.83. The molecule has 0 N–H and O–H groups in total. The fraction of sp³-hybridized carbons (Fsp3) is 0.471. The average Bonchev–Trinajstić information content (AvgIpc) is 3.64. The van der Waals surface area contributed by atoms with Crippen molar-refractivity contribution >= 4 is 11.8 Å². The number of hydrogen-bond donors (Lipinski definition) is 0. The van der Waals surface area contributed by atoms with Gasteiger partial charge in [-0.25, -0.2) is 0 Å². The molecule has 0 saturated carbocycles. The first-order chi connectivity index (χ1) is 21.8. The van der Waals surface area contributed by atoms with Gasteiger partial charge >= 0.3 is 12.4 Å². The molecule has 3 fully saturated rings. The van der Waals surface area contributed by atoms with Crippen molar-refractivity contribution in [3.05, 3.63) is 94.9 Å². The summed E-state index contributed by atoms with van der Waals surface area (Å²) in [6, 6.07) is 12.0. The van der Waals surface area contributed by atoms with Gasteiger partial charge in [0.05, 0.1) is 23.7 Å². The average molecular weight is 648 g/mol. The van der Waals surface area contributed by atoms with Gasteiger partial charge in [-0.3, -0.25) is 9.59 Å². The van der Waals surface area contributed by atoms with Crippen molar-refractivity contribution in [2.24, 2.45) is 5.41 Å². The van der Waals surface area contributed by atoms with Crippen molar-refractivity contribution in [3.8, 4) is 0 Å². The van der Waals surface area contributed by atoms with Crippen molar-refractivity contribution < 1.29 is 40.3 Å². The number of hydrogen-bond acceptors (Lipinski definition) is 4. The molecule has 0 bridgehead atoms. The first-order valence-corrected chi connectivity index (χ1v) is 15.5. The number of likely N-dealkylation sites (tertiary alicyclic amines) is 3. The summed E-state index contributed by atoms with van der Waals surface area (Å²) < 4.78 is 86.6. The summed E-state index contributed by atoms with van der Waals surface area (Å²) in [5, 5.41) is 0. The maximum absolute atomic E-state index is 13.7. The molecule has 2 amide bonds. The van der Waals surface area contributed by atoms with Crippen LogP contribution in [-0.4, -0.2) is 64.8 Å². The molecule has 6 rings (SSSR count). The van der Waals surface area contributed by atoms with Crippen LogP contribution in [0.15, 0.2) is 71.5 Å². The van der Waals surface area contributed by atoms with Crippen LogP contribution >= 0.6 is 0 Å². The molecule has 0 aliphatic carbocycles. The van der Waals surface area contributed by atoms with Gasteiger partial charge in [-0.2, -0.15) is 26.3 Å². The number of alkyl halides is 6. The Morgan fingerprint density at radius 2 is 1.57 bits per heavy atom. The van der Waals surface area contributed by atoms with Crippen molar-refractivity contribution in [1.29, 1.82) is 0 Å². The topological polar surface area (TPSA) is 57.0 Å². The van der Waals surface area contributed by atoms with Gasteiger partial charge in [-0.1, -0.05) is 30.3 Å². The van der Waals surface area contributed by atoms with Crippen LogP contribution in [0.4, 0.5) is 26.3 Å². The molecule has 1 aromatic heterocycles. The van der Waals surface area contributed by atoms with E-state index in [1.165, 1.54) is 4.90 Å². The Labute approximate surface area is 262 Å². The molecule has 46 heavy (non-hydrogen) atoms. The lowest BCUT2D eigenvalue weighted by molar-refractivity contribution is -0.143. The number of carbonyl (C=O) groups is 2. The lowest BCUT2D eigenvalue weighted by Crippen LogP contribution is -2.55. The van der Waals surface area contributed by atoms with E-state index < -0.39 is 41.0 Å². The summed E-state index contributed by atoms with van der Waals surface area (Å²) in [5.74, 6) is -0.705. The molecular formula is C34H35F6N3O3. The van der Waals surface area contributed by atoms with E-state index in [0.717, 1.165) is 37.1 Å². The Bertz CT molecular complexity index is 1500. The number of piperidine rings is 2. The van der Waals surface area contributed by atoms with Crippen LogP contribution in [0, 0.1) is 5.41 Å². The van der Waals surface area contributed by atoms with E-state index in [9.17, 15) is 35.9 Å². The Kier molecular flexibility index (Phi) is 8.69. The van der Waals surface area contributed by atoms with Crippen LogP contribution in [0.25, 0.3) is 0 Å². The second kappa shape index (κ2) is 12.4. The highest BCUT2D eigenvalue weighted by molar-refractivity contribution is 5.95. The van der Waals surface area contributed by atoms with E-state index in [-0.39, 0.29) is 30.0 Å². The summed E-state index contributed by atoms with van der Waals surface area (Å²) in [7, 11) is 0. The Morgan fingerprint density at radius 3 is 2.17 bits per heavy atom. The molecule has 0 radical (unpaired) electrons. The van der Waals surface area contributed by atoms with Gasteiger partial charge in [0.2, 0.25) is 5.91 Å². The molecule has 3 aliphatic heterocycles. The summed E-state index contributed by atoms with van der Waals surface area (Å²) in [5.41, 5.74) is -1.85. The Morgan fingerprint density at radius 1 is 0.891 bits per heavy atom. The van der Waals surface area contributed by atoms with Crippen LogP contribution in [0.1, 0.15) is 64.7 Å². The van der Waals surface area contributed by atoms with E-state index in [4.69, 9.17) is 4.42 Å². The number of rotatable bonds is 6. The molecule has 6 nitrogen and oxygen atoms in total. The number of furan rings is 1. The molecule has 3 saturated heterocycles. The molecular weight excluding hydrogens is 612 g/mol. The third kappa shape index (κ3) is 6.96. The van der Waals surface area contributed by atoms with Gasteiger partial charge < -0.3 is 19.1 Å². The van der Waals surface area contributed by atoms with E-state index in [1.54, 1.807) is 12.5 Å². The minimum absolute atomic E-state index is 0.0439. The van der Waals surface area contributed by atoms with Crippen molar-refractivity contribution in [3.63, 3.8) is 0 Å². The molecule has 1 spiro atoms. The second-order valence-electron chi connectivity index (χ2n) is 12.9. The summed E-state index contributed by atoms with van der Waals surface area (Å²) in [6.07, 6.45) is -3.18. The number of benzene rings is 2. The predicted octanol–water partition coefficient (Wildman–Crippen LogP) is 7.05. The van der Waals surface area contributed by atoms with Gasteiger partial charge in [0.15, 0.2) is 0 Å². The van der Waals surface area contributed by atoms with Crippen LogP contribution in [0.3, 0.4) is 0 Å². The van der Waals surface area contributed by atoms with Crippen LogP contribution in [0.5, 0.6) is 0 Å². The van der Waals surface area contributed by atoms with Crippen molar-refractivity contribution in [1.82, 2.24) is 14.7 Å². The first kappa shape index (κ1) is 32.2. The van der Waals surface area contributed by atoms with E-state index >= 15 is 0 Å². The number of halogens is 6. The Balaban J connectivity index is 1.18. The maximum atomic E-state index is 13.7. The molecule has 12 heteroatoms. The molecule has 2 atom stereocenters. The predicted molar refractivity (Wildman–Crippen MR) is 156 cm³/mol. The number of carbonyl (C=O) groups excluding carboxylic acids is 2. The zero-order valence-electron chi connectivity index (χ0n) is 25.1. The second-order valence-corrected chi connectivity index (χ2v) is 12.9. The normalized spacial score (nSPS) is 22.5. The minimum Gasteiger partial charge on any atom is -0.472 e. The van der Waals surface area contributed by atoms with Crippen molar-refractivity contribution in [2.75, 3.05) is 26.2 Å². The SMILES string of the molecule is O=C1CC2(CCN(C3CCN(C(=O)c4cc(C(F)(F)F)cc(C(F)(F)F)c4)C(Cc4ccccc4)C3)CC2)CN1Cc1ccoc1. The van der Waals surface area contributed by atoms with Crippen LogP contribution < -0.4 is 0 Å². The first-order valence-electron chi connectivity index (χ1n) is 15.5.